The smallest absolute Gasteiger partial charge is 0.220 e. The van der Waals surface area contributed by atoms with Gasteiger partial charge in [-0.1, -0.05) is 204 Å². The molecule has 12 N–H and O–H groups in total. The molecule has 0 aromatic carbocycles. The average Bonchev–Trinajstić information content (AvgIpc) is 3.10. The van der Waals surface area contributed by atoms with Gasteiger partial charge in [-0.15, -0.1) is 0 Å². The fourth-order valence-electron chi connectivity index (χ4n) is 11.1. The quantitative estimate of drug-likeness (QED) is 0.0204. The summed E-state index contributed by atoms with van der Waals surface area (Å²) >= 11 is 0. The number of ether oxygens (including phenoxy) is 6. The molecule has 0 aromatic rings. The lowest BCUT2D eigenvalue weighted by molar-refractivity contribution is -0.379. The molecule has 3 rings (SSSR count). The Morgan fingerprint density at radius 3 is 1.18 bits per heavy atom. The summed E-state index contributed by atoms with van der Waals surface area (Å²) in [5, 5.41) is 120. The third-order valence-electron chi connectivity index (χ3n) is 16.6. The van der Waals surface area contributed by atoms with Crippen molar-refractivity contribution in [2.45, 2.75) is 336 Å². The molecule has 3 fully saturated rings. The van der Waals surface area contributed by atoms with E-state index < -0.39 is 124 Å². The van der Waals surface area contributed by atoms with E-state index in [1.54, 1.807) is 6.08 Å². The van der Waals surface area contributed by atoms with Crippen LogP contribution >= 0.6 is 0 Å². The highest BCUT2D eigenvalue weighted by Crippen LogP contribution is 2.33. The van der Waals surface area contributed by atoms with Crippen LogP contribution in [0.5, 0.6) is 0 Å². The van der Waals surface area contributed by atoms with Gasteiger partial charge >= 0.3 is 0 Å². The maximum atomic E-state index is 13.4. The number of unbranched alkanes of at least 4 members (excludes halogenated alkanes) is 28. The van der Waals surface area contributed by atoms with Crippen LogP contribution in [-0.2, 0) is 33.2 Å². The zero-order chi connectivity index (χ0) is 61.9. The van der Waals surface area contributed by atoms with Gasteiger partial charge in [0.25, 0.3) is 0 Å². The van der Waals surface area contributed by atoms with Crippen LogP contribution in [0.3, 0.4) is 0 Å². The minimum Gasteiger partial charge on any atom is -0.394 e. The summed E-state index contributed by atoms with van der Waals surface area (Å²) in [6.45, 7) is 1.70. The van der Waals surface area contributed by atoms with Crippen molar-refractivity contribution in [3.63, 3.8) is 0 Å². The normalized spacial score (nSPS) is 29.3. The van der Waals surface area contributed by atoms with Crippen molar-refractivity contribution in [1.29, 1.82) is 0 Å². The largest absolute Gasteiger partial charge is 0.394 e. The monoisotopic (exact) mass is 1210 g/mol. The Morgan fingerprint density at radius 1 is 0.412 bits per heavy atom. The van der Waals surface area contributed by atoms with E-state index in [-0.39, 0.29) is 18.9 Å². The number of carbonyl (C=O) groups is 1. The van der Waals surface area contributed by atoms with Crippen LogP contribution in [0.15, 0.2) is 48.6 Å². The number of hydrogen-bond acceptors (Lipinski definition) is 18. The fourth-order valence-corrected chi connectivity index (χ4v) is 11.1. The minimum atomic E-state index is -1.98. The lowest BCUT2D eigenvalue weighted by atomic mass is 9.96. The molecule has 19 nitrogen and oxygen atoms in total. The summed E-state index contributed by atoms with van der Waals surface area (Å²) in [6.07, 6.45) is 29.4. The molecule has 3 saturated heterocycles. The van der Waals surface area contributed by atoms with Gasteiger partial charge in [0.05, 0.1) is 38.6 Å². The first-order chi connectivity index (χ1) is 41.3. The molecule has 19 heteroatoms. The molecule has 0 saturated carbocycles. The summed E-state index contributed by atoms with van der Waals surface area (Å²) in [6, 6.07) is -0.998. The number of aliphatic hydroxyl groups excluding tert-OH is 11. The molecule has 0 aliphatic carbocycles. The summed E-state index contributed by atoms with van der Waals surface area (Å²) in [5.74, 6) is -0.292. The molecule has 3 heterocycles. The van der Waals surface area contributed by atoms with Crippen molar-refractivity contribution in [2.24, 2.45) is 0 Å². The van der Waals surface area contributed by atoms with Crippen molar-refractivity contribution in [3.05, 3.63) is 48.6 Å². The van der Waals surface area contributed by atoms with E-state index >= 15 is 0 Å². The molecule has 0 aromatic heterocycles. The van der Waals surface area contributed by atoms with Gasteiger partial charge in [-0.3, -0.25) is 4.79 Å². The molecule has 0 bridgehead atoms. The number of carbonyl (C=O) groups excluding carboxylic acids is 1. The van der Waals surface area contributed by atoms with Crippen molar-refractivity contribution in [3.8, 4) is 0 Å². The predicted octanol–water partition coefficient (Wildman–Crippen LogP) is 7.83. The number of amides is 1. The Balaban J connectivity index is 1.49. The highest BCUT2D eigenvalue weighted by Gasteiger charge is 2.53. The van der Waals surface area contributed by atoms with Crippen LogP contribution in [0.1, 0.15) is 232 Å². The van der Waals surface area contributed by atoms with E-state index in [1.807, 2.05) is 6.08 Å². The van der Waals surface area contributed by atoms with Gasteiger partial charge in [0, 0.05) is 6.42 Å². The molecule has 3 aliphatic rings. The third-order valence-corrected chi connectivity index (χ3v) is 16.6. The Morgan fingerprint density at radius 2 is 0.753 bits per heavy atom. The van der Waals surface area contributed by atoms with Crippen LogP contribution in [0.4, 0.5) is 0 Å². The molecule has 1 amide bonds. The van der Waals surface area contributed by atoms with Crippen LogP contribution in [0.25, 0.3) is 0 Å². The molecule has 3 aliphatic heterocycles. The van der Waals surface area contributed by atoms with Gasteiger partial charge in [-0.25, -0.2) is 0 Å². The van der Waals surface area contributed by atoms with Gasteiger partial charge in [-0.05, 0) is 70.6 Å². The minimum absolute atomic E-state index is 0.229. The third kappa shape index (κ3) is 31.4. The standard InChI is InChI=1S/C66H119NO18/c1-3-5-7-9-11-13-15-17-19-21-23-24-26-27-29-31-33-35-37-39-41-43-50(71)49(67-54(72)44-42-40-38-36-34-32-30-28-25-22-20-18-16-14-12-10-8-6-4-2)48-80-64-60(78)57(75)62(52(46-69)82-64)85-66-61(79)58(76)63(53(47-70)83-66)84-65-59(77)56(74)55(73)51(45-68)81-65/h18,20,26-27,33,35,41,43,49-53,55-66,68-71,73-79H,3-17,19,21-25,28-32,34,36-40,42,44-48H2,1-2H3,(H,67,72)/b20-18-,27-26+,35-33+,43-41+. The molecule has 0 spiro atoms. The molecule has 17 unspecified atom stereocenters. The van der Waals surface area contributed by atoms with Gasteiger partial charge in [0.2, 0.25) is 5.91 Å². The highest BCUT2D eigenvalue weighted by atomic mass is 16.8. The summed E-state index contributed by atoms with van der Waals surface area (Å²) < 4.78 is 34.3. The van der Waals surface area contributed by atoms with E-state index in [0.29, 0.717) is 12.8 Å². The number of nitrogens with one attached hydrogen (secondary N) is 1. The Hall–Kier alpha value is -2.25. The lowest BCUT2D eigenvalue weighted by Gasteiger charge is -2.48. The molecule has 17 atom stereocenters. The maximum Gasteiger partial charge on any atom is 0.220 e. The van der Waals surface area contributed by atoms with E-state index in [0.717, 1.165) is 57.8 Å². The van der Waals surface area contributed by atoms with Gasteiger partial charge in [0.1, 0.15) is 73.2 Å². The first kappa shape index (κ1) is 77.0. The maximum absolute atomic E-state index is 13.4. The predicted molar refractivity (Wildman–Crippen MR) is 328 cm³/mol. The summed E-state index contributed by atoms with van der Waals surface area (Å²) in [7, 11) is 0. The van der Waals surface area contributed by atoms with Gasteiger partial charge < -0.3 is 89.9 Å². The zero-order valence-corrected chi connectivity index (χ0v) is 52.1. The second-order valence-electron chi connectivity index (χ2n) is 23.9. The summed E-state index contributed by atoms with van der Waals surface area (Å²) in [4.78, 5) is 13.4. The van der Waals surface area contributed by atoms with Crippen LogP contribution < -0.4 is 5.32 Å². The number of aliphatic hydroxyl groups is 11. The highest BCUT2D eigenvalue weighted by molar-refractivity contribution is 5.76. The molecular formula is C66H119NO18. The second kappa shape index (κ2) is 48.6. The Bertz CT molecular complexity index is 1740. The topological polar surface area (TPSA) is 307 Å². The first-order valence-corrected chi connectivity index (χ1v) is 33.4. The van der Waals surface area contributed by atoms with E-state index in [1.165, 1.54) is 141 Å². The zero-order valence-electron chi connectivity index (χ0n) is 52.1. The van der Waals surface area contributed by atoms with Crippen molar-refractivity contribution < 1.29 is 89.4 Å². The van der Waals surface area contributed by atoms with Crippen LogP contribution in [-0.4, -0.2) is 193 Å². The lowest BCUT2D eigenvalue weighted by Crippen LogP contribution is -2.66. The second-order valence-corrected chi connectivity index (χ2v) is 23.9. The van der Waals surface area contributed by atoms with Crippen molar-refractivity contribution in [2.75, 3.05) is 26.4 Å². The molecule has 496 valence electrons. The molecular weight excluding hydrogens is 1090 g/mol. The number of hydrogen-bond donors (Lipinski definition) is 12. The first-order valence-electron chi connectivity index (χ1n) is 33.4. The van der Waals surface area contributed by atoms with Gasteiger partial charge in [0.15, 0.2) is 18.9 Å². The van der Waals surface area contributed by atoms with Crippen LogP contribution in [0, 0.1) is 0 Å². The van der Waals surface area contributed by atoms with Crippen molar-refractivity contribution in [1.82, 2.24) is 5.32 Å². The molecule has 0 radical (unpaired) electrons. The Labute approximate surface area is 510 Å². The number of allylic oxidation sites excluding steroid dienone is 7. The number of rotatable bonds is 50. The van der Waals surface area contributed by atoms with Crippen molar-refractivity contribution >= 4 is 5.91 Å². The van der Waals surface area contributed by atoms with Crippen LogP contribution in [0.2, 0.25) is 0 Å². The average molecular weight is 1210 g/mol. The van der Waals surface area contributed by atoms with E-state index in [9.17, 15) is 61.0 Å². The summed E-state index contributed by atoms with van der Waals surface area (Å²) in [5.41, 5.74) is 0. The Kier molecular flexibility index (Phi) is 44.0. The molecule has 85 heavy (non-hydrogen) atoms. The van der Waals surface area contributed by atoms with E-state index in [2.05, 4.69) is 55.6 Å². The SMILES string of the molecule is CCCCCCCC/C=C\CCCCCCCCCCCC(=O)NC(COC1OC(CO)C(OC2OC(CO)C(OC3OC(CO)C(O)C(O)C3O)C(O)C2O)C(O)C1O)C(O)/C=C/CC/C=C/CC/C=C/CCCCCCCCCCCCC. The fraction of sp³-hybridized carbons (Fsp3) is 0.864. The van der Waals surface area contributed by atoms with E-state index in [4.69, 9.17) is 28.4 Å². The van der Waals surface area contributed by atoms with Gasteiger partial charge in [-0.2, -0.15) is 0 Å².